The number of hydrogen-bond acceptors (Lipinski definition) is 4. The van der Waals surface area contributed by atoms with Crippen LogP contribution in [0, 0.1) is 6.92 Å². The summed E-state index contributed by atoms with van der Waals surface area (Å²) in [5, 5.41) is 5.63. The molecule has 0 spiro atoms. The molecular weight excluding hydrogens is 416 g/mol. The number of anilines is 2. The van der Waals surface area contributed by atoms with Crippen LogP contribution in [0.4, 0.5) is 11.4 Å². The van der Waals surface area contributed by atoms with Gasteiger partial charge in [-0.2, -0.15) is 0 Å². The highest BCUT2D eigenvalue weighted by Crippen LogP contribution is 2.28. The molecule has 0 aliphatic rings. The maximum Gasteiger partial charge on any atom is 0.278 e. The molecule has 1 aromatic heterocycles. The minimum atomic E-state index is -0.807. The quantitative estimate of drug-likeness (QED) is 0.477. The van der Waals surface area contributed by atoms with E-state index in [9.17, 15) is 14.4 Å². The smallest absolute Gasteiger partial charge is 0.278 e. The van der Waals surface area contributed by atoms with Gasteiger partial charge in [0, 0.05) is 18.2 Å². The van der Waals surface area contributed by atoms with Gasteiger partial charge in [-0.3, -0.25) is 19.0 Å². The van der Waals surface area contributed by atoms with Gasteiger partial charge in [-0.1, -0.05) is 42.0 Å². The molecule has 166 valence electrons. The molecule has 4 rings (SSSR count). The zero-order valence-electron chi connectivity index (χ0n) is 18.6. The number of fused-ring (bicyclic) bond motifs is 1. The van der Waals surface area contributed by atoms with E-state index in [1.165, 1.54) is 11.5 Å². The number of carbonyl (C=O) groups excluding carboxylic acids is 2. The average Bonchev–Trinajstić information content (AvgIpc) is 2.80. The number of nitrogens with one attached hydrogen (secondary N) is 2. The third-order valence-electron chi connectivity index (χ3n) is 5.34. The van der Waals surface area contributed by atoms with E-state index in [1.54, 1.807) is 43.3 Å². The van der Waals surface area contributed by atoms with Crippen molar-refractivity contribution in [1.29, 1.82) is 0 Å². The van der Waals surface area contributed by atoms with E-state index in [0.29, 0.717) is 28.0 Å². The summed E-state index contributed by atoms with van der Waals surface area (Å²) in [6.07, 6.45) is 0. The Morgan fingerprint density at radius 3 is 2.36 bits per heavy atom. The summed E-state index contributed by atoms with van der Waals surface area (Å²) >= 11 is 0. The minimum Gasteiger partial charge on any atom is -0.326 e. The second-order valence-electron chi connectivity index (χ2n) is 7.89. The van der Waals surface area contributed by atoms with Gasteiger partial charge in [-0.25, -0.2) is 4.98 Å². The van der Waals surface area contributed by atoms with Crippen molar-refractivity contribution in [3.63, 3.8) is 0 Å². The molecule has 0 bridgehead atoms. The van der Waals surface area contributed by atoms with Crippen molar-refractivity contribution in [2.45, 2.75) is 26.8 Å². The van der Waals surface area contributed by atoms with Gasteiger partial charge < -0.3 is 10.6 Å². The minimum absolute atomic E-state index is 0.167. The SMILES string of the molecule is CC(=O)Nc1ccc(C)cc1-c1nc2ccccc2n(C(C)C(=O)Nc2ccccc2)c1=O. The molecule has 7 nitrogen and oxygen atoms in total. The predicted octanol–water partition coefficient (Wildman–Crippen LogP) is 4.53. The molecule has 1 heterocycles. The Kier molecular flexibility index (Phi) is 6.04. The van der Waals surface area contributed by atoms with E-state index in [2.05, 4.69) is 15.6 Å². The molecule has 0 saturated carbocycles. The molecule has 3 aromatic carbocycles. The van der Waals surface area contributed by atoms with Crippen LogP contribution >= 0.6 is 0 Å². The normalized spacial score (nSPS) is 11.7. The number of para-hydroxylation sites is 3. The van der Waals surface area contributed by atoms with Gasteiger partial charge >= 0.3 is 0 Å². The summed E-state index contributed by atoms with van der Waals surface area (Å²) in [6, 6.07) is 20.9. The van der Waals surface area contributed by atoms with Crippen molar-refractivity contribution in [3.8, 4) is 11.3 Å². The molecule has 0 radical (unpaired) electrons. The lowest BCUT2D eigenvalue weighted by molar-refractivity contribution is -0.118. The Morgan fingerprint density at radius 1 is 0.939 bits per heavy atom. The lowest BCUT2D eigenvalue weighted by Crippen LogP contribution is -2.33. The van der Waals surface area contributed by atoms with Crippen molar-refractivity contribution in [1.82, 2.24) is 9.55 Å². The summed E-state index contributed by atoms with van der Waals surface area (Å²) in [5.74, 6) is -0.575. The third-order valence-corrected chi connectivity index (χ3v) is 5.34. The van der Waals surface area contributed by atoms with Crippen LogP contribution in [0.3, 0.4) is 0 Å². The van der Waals surface area contributed by atoms with Gasteiger partial charge in [-0.05, 0) is 50.2 Å². The molecule has 1 unspecified atom stereocenters. The molecule has 0 saturated heterocycles. The molecule has 0 aliphatic carbocycles. The highest BCUT2D eigenvalue weighted by molar-refractivity contribution is 5.96. The second kappa shape index (κ2) is 9.08. The van der Waals surface area contributed by atoms with E-state index < -0.39 is 11.6 Å². The number of benzene rings is 3. The van der Waals surface area contributed by atoms with Gasteiger partial charge in [0.15, 0.2) is 0 Å². The van der Waals surface area contributed by atoms with Crippen molar-refractivity contribution in [2.24, 2.45) is 0 Å². The van der Waals surface area contributed by atoms with Crippen molar-refractivity contribution < 1.29 is 9.59 Å². The molecule has 2 N–H and O–H groups in total. The van der Waals surface area contributed by atoms with E-state index >= 15 is 0 Å². The van der Waals surface area contributed by atoms with Crippen LogP contribution in [0.2, 0.25) is 0 Å². The van der Waals surface area contributed by atoms with Gasteiger partial charge in [0.05, 0.1) is 16.7 Å². The van der Waals surface area contributed by atoms with Crippen LogP contribution in [0.25, 0.3) is 22.3 Å². The fraction of sp³-hybridized carbons (Fsp3) is 0.154. The van der Waals surface area contributed by atoms with Crippen LogP contribution in [-0.4, -0.2) is 21.4 Å². The van der Waals surface area contributed by atoms with E-state index in [4.69, 9.17) is 0 Å². The second-order valence-corrected chi connectivity index (χ2v) is 7.89. The van der Waals surface area contributed by atoms with Crippen molar-refractivity contribution in [2.75, 3.05) is 10.6 Å². The van der Waals surface area contributed by atoms with Gasteiger partial charge in [0.1, 0.15) is 11.7 Å². The Morgan fingerprint density at radius 2 is 1.64 bits per heavy atom. The van der Waals surface area contributed by atoms with E-state index in [0.717, 1.165) is 5.56 Å². The van der Waals surface area contributed by atoms with Crippen LogP contribution in [-0.2, 0) is 9.59 Å². The zero-order chi connectivity index (χ0) is 23.5. The Labute approximate surface area is 191 Å². The third kappa shape index (κ3) is 4.52. The lowest BCUT2D eigenvalue weighted by atomic mass is 10.1. The number of aromatic nitrogens is 2. The van der Waals surface area contributed by atoms with Crippen LogP contribution in [0.15, 0.2) is 77.6 Å². The molecule has 4 aromatic rings. The first kappa shape index (κ1) is 22.0. The maximum atomic E-state index is 13.7. The van der Waals surface area contributed by atoms with Crippen molar-refractivity contribution >= 4 is 34.2 Å². The molecule has 0 aliphatic heterocycles. The number of rotatable bonds is 5. The number of carbonyl (C=O) groups is 2. The van der Waals surface area contributed by atoms with Crippen LogP contribution in [0.1, 0.15) is 25.5 Å². The summed E-state index contributed by atoms with van der Waals surface area (Å²) in [4.78, 5) is 43.2. The first-order valence-electron chi connectivity index (χ1n) is 10.6. The largest absolute Gasteiger partial charge is 0.326 e. The average molecular weight is 441 g/mol. The fourth-order valence-electron chi connectivity index (χ4n) is 3.75. The van der Waals surface area contributed by atoms with Crippen LogP contribution < -0.4 is 16.2 Å². The first-order valence-corrected chi connectivity index (χ1v) is 10.6. The number of nitrogens with zero attached hydrogens (tertiary/aromatic N) is 2. The predicted molar refractivity (Wildman–Crippen MR) is 130 cm³/mol. The summed E-state index contributed by atoms with van der Waals surface area (Å²) in [7, 11) is 0. The summed E-state index contributed by atoms with van der Waals surface area (Å²) in [5.41, 5.74) is 3.42. The summed E-state index contributed by atoms with van der Waals surface area (Å²) < 4.78 is 1.45. The zero-order valence-corrected chi connectivity index (χ0v) is 18.6. The summed E-state index contributed by atoms with van der Waals surface area (Å²) in [6.45, 7) is 4.99. The number of hydrogen-bond donors (Lipinski definition) is 2. The van der Waals surface area contributed by atoms with E-state index in [-0.39, 0.29) is 17.5 Å². The Bertz CT molecular complexity index is 1410. The molecule has 7 heteroatoms. The fourth-order valence-corrected chi connectivity index (χ4v) is 3.75. The number of amides is 2. The molecule has 33 heavy (non-hydrogen) atoms. The molecular formula is C26H24N4O3. The van der Waals surface area contributed by atoms with Gasteiger partial charge in [0.25, 0.3) is 5.56 Å². The van der Waals surface area contributed by atoms with Gasteiger partial charge in [0.2, 0.25) is 11.8 Å². The van der Waals surface area contributed by atoms with Crippen molar-refractivity contribution in [3.05, 3.63) is 88.7 Å². The number of aryl methyl sites for hydroxylation is 1. The Hall–Kier alpha value is -4.26. The highest BCUT2D eigenvalue weighted by atomic mass is 16.2. The lowest BCUT2D eigenvalue weighted by Gasteiger charge is -2.19. The first-order chi connectivity index (χ1) is 15.8. The Balaban J connectivity index is 1.89. The standard InChI is InChI=1S/C26H24N4O3/c1-16-13-14-21(27-18(3)31)20(15-16)24-26(33)30(23-12-8-7-11-22(23)29-24)17(2)25(32)28-19-9-5-4-6-10-19/h4-15,17H,1-3H3,(H,27,31)(H,28,32). The van der Waals surface area contributed by atoms with E-state index in [1.807, 2.05) is 43.3 Å². The monoisotopic (exact) mass is 440 g/mol. The highest BCUT2D eigenvalue weighted by Gasteiger charge is 2.23. The molecule has 1 atom stereocenters. The molecule has 2 amide bonds. The topological polar surface area (TPSA) is 93.1 Å². The maximum absolute atomic E-state index is 13.7. The molecule has 0 fully saturated rings. The van der Waals surface area contributed by atoms with Gasteiger partial charge in [-0.15, -0.1) is 0 Å². The van der Waals surface area contributed by atoms with Crippen LogP contribution in [0.5, 0.6) is 0 Å².